The van der Waals surface area contributed by atoms with Gasteiger partial charge in [-0.05, 0) is 33.6 Å². The third kappa shape index (κ3) is 3.61. The Morgan fingerprint density at radius 3 is 2.79 bits per heavy atom. The normalized spacial score (nSPS) is 11.7. The first-order valence-corrected chi connectivity index (χ1v) is 8.60. The molecule has 0 saturated heterocycles. The van der Waals surface area contributed by atoms with Crippen molar-refractivity contribution >= 4 is 37.3 Å². The van der Waals surface area contributed by atoms with E-state index in [9.17, 15) is 8.42 Å². The van der Waals surface area contributed by atoms with Gasteiger partial charge in [-0.2, -0.15) is 0 Å². The van der Waals surface area contributed by atoms with Gasteiger partial charge in [0.1, 0.15) is 0 Å². The average molecular weight is 362 g/mol. The van der Waals surface area contributed by atoms with Gasteiger partial charge in [-0.25, -0.2) is 18.1 Å². The zero-order valence-electron chi connectivity index (χ0n) is 9.84. The maximum atomic E-state index is 12.2. The van der Waals surface area contributed by atoms with Gasteiger partial charge in [-0.15, -0.1) is 11.3 Å². The Hall–Kier alpha value is -0.800. The van der Waals surface area contributed by atoms with Crippen molar-refractivity contribution in [2.24, 2.45) is 5.73 Å². The van der Waals surface area contributed by atoms with Crippen molar-refractivity contribution < 1.29 is 8.42 Å². The van der Waals surface area contributed by atoms with Gasteiger partial charge in [0, 0.05) is 16.4 Å². The minimum atomic E-state index is -3.57. The minimum Gasteiger partial charge on any atom is -0.326 e. The Balaban J connectivity index is 2.19. The summed E-state index contributed by atoms with van der Waals surface area (Å²) in [5.41, 5.74) is 8.73. The van der Waals surface area contributed by atoms with Gasteiger partial charge in [0.15, 0.2) is 0 Å². The summed E-state index contributed by atoms with van der Waals surface area (Å²) < 4.78 is 27.3. The molecule has 1 aromatic heterocycles. The largest absolute Gasteiger partial charge is 0.326 e. The maximum Gasteiger partial charge on any atom is 0.242 e. The fourth-order valence-electron chi connectivity index (χ4n) is 1.46. The smallest absolute Gasteiger partial charge is 0.242 e. The summed E-state index contributed by atoms with van der Waals surface area (Å²) >= 11 is 4.68. The lowest BCUT2D eigenvalue weighted by atomic mass is 10.2. The lowest BCUT2D eigenvalue weighted by Crippen LogP contribution is -2.23. The molecule has 0 bridgehead atoms. The molecule has 0 aliphatic rings. The van der Waals surface area contributed by atoms with Gasteiger partial charge < -0.3 is 5.73 Å². The highest BCUT2D eigenvalue weighted by Crippen LogP contribution is 2.23. The molecule has 0 atom stereocenters. The van der Waals surface area contributed by atoms with Crippen LogP contribution in [0.4, 0.5) is 0 Å². The van der Waals surface area contributed by atoms with Crippen LogP contribution in [0, 0.1) is 0 Å². The van der Waals surface area contributed by atoms with Gasteiger partial charge in [-0.3, -0.25) is 0 Å². The third-order valence-electron chi connectivity index (χ3n) is 2.45. The van der Waals surface area contributed by atoms with E-state index in [1.54, 1.807) is 23.0 Å². The molecule has 5 nitrogen and oxygen atoms in total. The van der Waals surface area contributed by atoms with Gasteiger partial charge in [-0.1, -0.05) is 6.07 Å². The van der Waals surface area contributed by atoms with Crippen molar-refractivity contribution in [2.75, 3.05) is 0 Å². The second-order valence-electron chi connectivity index (χ2n) is 3.77. The van der Waals surface area contributed by atoms with E-state index >= 15 is 0 Å². The molecule has 0 amide bonds. The average Bonchev–Trinajstić information content (AvgIpc) is 2.89. The first-order valence-electron chi connectivity index (χ1n) is 5.38. The zero-order chi connectivity index (χ0) is 13.9. The highest BCUT2D eigenvalue weighted by atomic mass is 79.9. The van der Waals surface area contributed by atoms with E-state index in [-0.39, 0.29) is 11.4 Å². The number of aromatic nitrogens is 1. The molecule has 2 aromatic rings. The molecule has 102 valence electrons. The van der Waals surface area contributed by atoms with Gasteiger partial charge in [0.2, 0.25) is 10.0 Å². The molecule has 3 N–H and O–H groups in total. The van der Waals surface area contributed by atoms with Gasteiger partial charge in [0.05, 0.1) is 22.6 Å². The lowest BCUT2D eigenvalue weighted by molar-refractivity contribution is 0.580. The van der Waals surface area contributed by atoms with Gasteiger partial charge >= 0.3 is 0 Å². The number of halogens is 1. The summed E-state index contributed by atoms with van der Waals surface area (Å²) in [6.07, 6.45) is 0. The lowest BCUT2D eigenvalue weighted by Gasteiger charge is -2.08. The monoisotopic (exact) mass is 361 g/mol. The molecule has 0 fully saturated rings. The quantitative estimate of drug-likeness (QED) is 0.850. The molecular formula is C11H12BrN3O2S2. The highest BCUT2D eigenvalue weighted by Gasteiger charge is 2.17. The van der Waals surface area contributed by atoms with Gasteiger partial charge in [0.25, 0.3) is 0 Å². The number of benzene rings is 1. The predicted molar refractivity (Wildman–Crippen MR) is 78.2 cm³/mol. The van der Waals surface area contributed by atoms with Crippen LogP contribution in [-0.4, -0.2) is 13.4 Å². The van der Waals surface area contributed by atoms with Crippen molar-refractivity contribution in [3.8, 4) is 0 Å². The molecule has 0 saturated carbocycles. The van der Waals surface area contributed by atoms with E-state index in [2.05, 4.69) is 25.6 Å². The summed E-state index contributed by atoms with van der Waals surface area (Å²) in [5.74, 6) is 0. The molecule has 8 heteroatoms. The van der Waals surface area contributed by atoms with Crippen molar-refractivity contribution in [1.29, 1.82) is 0 Å². The minimum absolute atomic E-state index is 0.177. The Morgan fingerprint density at radius 2 is 2.21 bits per heavy atom. The summed E-state index contributed by atoms with van der Waals surface area (Å²) in [6.45, 7) is 0.544. The van der Waals surface area contributed by atoms with E-state index in [0.29, 0.717) is 16.7 Å². The van der Waals surface area contributed by atoms with Crippen molar-refractivity contribution in [1.82, 2.24) is 9.71 Å². The van der Waals surface area contributed by atoms with E-state index in [1.807, 2.05) is 0 Å². The van der Waals surface area contributed by atoms with Crippen LogP contribution in [0.15, 0.2) is 38.5 Å². The predicted octanol–water partition coefficient (Wildman–Crippen LogP) is 1.84. The molecule has 1 aromatic carbocycles. The van der Waals surface area contributed by atoms with E-state index in [0.717, 1.165) is 5.56 Å². The Labute approximate surface area is 124 Å². The first-order chi connectivity index (χ1) is 9.03. The van der Waals surface area contributed by atoms with Crippen molar-refractivity contribution in [3.63, 3.8) is 0 Å². The van der Waals surface area contributed by atoms with Crippen molar-refractivity contribution in [2.45, 2.75) is 18.0 Å². The molecule has 2 rings (SSSR count). The SMILES string of the molecule is NCc1ccc(S(=O)(=O)NCc2cscn2)c(Br)c1. The first kappa shape index (κ1) is 14.6. The Bertz CT molecular complexity index is 657. The van der Waals surface area contributed by atoms with Crippen LogP contribution >= 0.6 is 27.3 Å². The number of hydrogen-bond donors (Lipinski definition) is 2. The summed E-state index contributed by atoms with van der Waals surface area (Å²) in [6, 6.07) is 4.94. The van der Waals surface area contributed by atoms with E-state index in [1.165, 1.54) is 17.4 Å². The number of nitrogens with two attached hydrogens (primary N) is 1. The fourth-order valence-corrected chi connectivity index (χ4v) is 4.14. The second-order valence-corrected chi connectivity index (χ2v) is 7.08. The molecule has 19 heavy (non-hydrogen) atoms. The molecule has 0 unspecified atom stereocenters. The van der Waals surface area contributed by atoms with Crippen LogP contribution in [0.2, 0.25) is 0 Å². The molecule has 1 heterocycles. The van der Waals surface area contributed by atoms with Crippen LogP contribution in [-0.2, 0) is 23.1 Å². The van der Waals surface area contributed by atoms with Crippen LogP contribution < -0.4 is 10.5 Å². The van der Waals surface area contributed by atoms with E-state index < -0.39 is 10.0 Å². The van der Waals surface area contributed by atoms with Crippen LogP contribution in [0.5, 0.6) is 0 Å². The summed E-state index contributed by atoms with van der Waals surface area (Å²) in [5, 5.41) is 1.80. The van der Waals surface area contributed by atoms with Crippen LogP contribution in [0.1, 0.15) is 11.3 Å². The maximum absolute atomic E-state index is 12.2. The molecule has 0 aliphatic heterocycles. The van der Waals surface area contributed by atoms with Crippen molar-refractivity contribution in [3.05, 3.63) is 44.8 Å². The Kier molecular flexibility index (Phi) is 4.69. The standard InChI is InChI=1S/C11H12BrN3O2S2/c12-10-3-8(4-13)1-2-11(10)19(16,17)15-5-9-6-18-7-14-9/h1-3,6-7,15H,4-5,13H2. The number of nitrogens with zero attached hydrogens (tertiary/aromatic N) is 1. The topological polar surface area (TPSA) is 85.1 Å². The highest BCUT2D eigenvalue weighted by molar-refractivity contribution is 9.10. The van der Waals surface area contributed by atoms with Crippen LogP contribution in [0.25, 0.3) is 0 Å². The third-order valence-corrected chi connectivity index (χ3v) is 5.46. The van der Waals surface area contributed by atoms with Crippen LogP contribution in [0.3, 0.4) is 0 Å². The Morgan fingerprint density at radius 1 is 1.42 bits per heavy atom. The number of hydrogen-bond acceptors (Lipinski definition) is 5. The molecule has 0 aliphatic carbocycles. The number of sulfonamides is 1. The zero-order valence-corrected chi connectivity index (χ0v) is 13.1. The molecule has 0 spiro atoms. The van der Waals surface area contributed by atoms with E-state index in [4.69, 9.17) is 5.73 Å². The number of thiazole rings is 1. The summed E-state index contributed by atoms with van der Waals surface area (Å²) in [7, 11) is -3.57. The summed E-state index contributed by atoms with van der Waals surface area (Å²) in [4.78, 5) is 4.22. The number of rotatable bonds is 5. The molecular weight excluding hydrogens is 350 g/mol. The second kappa shape index (κ2) is 6.10. The molecule has 0 radical (unpaired) electrons. The fraction of sp³-hybridized carbons (Fsp3) is 0.182. The number of nitrogens with one attached hydrogen (secondary N) is 1.